The molecular weight excluding hydrogens is 244 g/mol. The van der Waals surface area contributed by atoms with Gasteiger partial charge in [0.1, 0.15) is 0 Å². The van der Waals surface area contributed by atoms with Crippen LogP contribution in [0.2, 0.25) is 0 Å². The molecule has 0 unspecified atom stereocenters. The number of nitrogens with zero attached hydrogens (tertiary/aromatic N) is 3. The molecular formula is C13H18N4O2. The maximum Gasteiger partial charge on any atom is 0.175 e. The van der Waals surface area contributed by atoms with Gasteiger partial charge >= 0.3 is 0 Å². The van der Waals surface area contributed by atoms with Crippen molar-refractivity contribution in [2.75, 3.05) is 0 Å². The smallest absolute Gasteiger partial charge is 0.175 e. The summed E-state index contributed by atoms with van der Waals surface area (Å²) in [5, 5.41) is 27.7. The first-order chi connectivity index (χ1) is 8.95. The summed E-state index contributed by atoms with van der Waals surface area (Å²) in [4.78, 5) is 0. The molecule has 3 atom stereocenters. The van der Waals surface area contributed by atoms with Crippen molar-refractivity contribution in [2.45, 2.75) is 38.1 Å². The Morgan fingerprint density at radius 3 is 2.53 bits per heavy atom. The van der Waals surface area contributed by atoms with E-state index in [4.69, 9.17) is 0 Å². The van der Waals surface area contributed by atoms with E-state index in [1.54, 1.807) is 13.8 Å². The largest absolute Gasteiger partial charge is 0.311 e. The van der Waals surface area contributed by atoms with Crippen molar-refractivity contribution < 1.29 is 10.4 Å². The summed E-state index contributed by atoms with van der Waals surface area (Å²) in [6, 6.07) is 9.15. The Balaban J connectivity index is 2.22. The molecule has 1 fully saturated rings. The standard InChI is InChI=1S/C13H18N4O2/c1-9-12(3)16(18)10(2)13(15-14-9,17(12)19)11-7-5-4-6-8-11/h4-8,10,15,18-19H,1-3H3/t10-,12-,13+/m0/s1. The van der Waals surface area contributed by atoms with Crippen LogP contribution in [0.15, 0.2) is 35.4 Å². The van der Waals surface area contributed by atoms with Crippen molar-refractivity contribution in [1.82, 2.24) is 15.6 Å². The fourth-order valence-electron chi connectivity index (χ4n) is 3.03. The Hall–Kier alpha value is -1.47. The van der Waals surface area contributed by atoms with Crippen LogP contribution < -0.4 is 5.43 Å². The van der Waals surface area contributed by atoms with Crippen LogP contribution in [0.4, 0.5) is 0 Å². The number of fused-ring (bicyclic) bond motifs is 2. The lowest BCUT2D eigenvalue weighted by Crippen LogP contribution is -2.64. The van der Waals surface area contributed by atoms with E-state index in [2.05, 4.69) is 10.5 Å². The summed E-state index contributed by atoms with van der Waals surface area (Å²) in [7, 11) is 0. The highest BCUT2D eigenvalue weighted by atomic mass is 16.6. The normalized spacial score (nSPS) is 39.0. The van der Waals surface area contributed by atoms with Crippen LogP contribution in [0.1, 0.15) is 26.3 Å². The van der Waals surface area contributed by atoms with Crippen LogP contribution in [0.25, 0.3) is 0 Å². The van der Waals surface area contributed by atoms with Crippen molar-refractivity contribution in [3.05, 3.63) is 35.9 Å². The summed E-state index contributed by atoms with van der Waals surface area (Å²) in [6.45, 7) is 5.36. The van der Waals surface area contributed by atoms with E-state index in [0.29, 0.717) is 5.71 Å². The molecule has 6 nitrogen and oxygen atoms in total. The lowest BCUT2D eigenvalue weighted by Gasteiger charge is -2.43. The molecule has 19 heavy (non-hydrogen) atoms. The zero-order valence-electron chi connectivity index (χ0n) is 11.2. The third-order valence-electron chi connectivity index (χ3n) is 4.46. The number of hydrogen-bond donors (Lipinski definition) is 3. The molecule has 1 aromatic carbocycles. The van der Waals surface area contributed by atoms with Crippen LogP contribution in [0.5, 0.6) is 0 Å². The van der Waals surface area contributed by atoms with Gasteiger partial charge in [0.25, 0.3) is 0 Å². The summed E-state index contributed by atoms with van der Waals surface area (Å²) in [6.07, 6.45) is 0. The number of benzene rings is 1. The van der Waals surface area contributed by atoms with Gasteiger partial charge < -0.3 is 10.4 Å². The number of hydroxylamine groups is 4. The Morgan fingerprint density at radius 1 is 1.26 bits per heavy atom. The van der Waals surface area contributed by atoms with Gasteiger partial charge in [-0.3, -0.25) is 5.43 Å². The molecule has 2 aliphatic rings. The molecule has 0 saturated carbocycles. The van der Waals surface area contributed by atoms with Gasteiger partial charge in [-0.05, 0) is 26.3 Å². The van der Waals surface area contributed by atoms with Gasteiger partial charge in [0.2, 0.25) is 0 Å². The third-order valence-corrected chi connectivity index (χ3v) is 4.46. The zero-order chi connectivity index (χ0) is 13.8. The molecule has 2 bridgehead atoms. The topological polar surface area (TPSA) is 71.3 Å². The molecule has 0 amide bonds. The molecule has 1 saturated heterocycles. The van der Waals surface area contributed by atoms with E-state index < -0.39 is 11.3 Å². The average molecular weight is 262 g/mol. The average Bonchev–Trinajstić information content (AvgIpc) is 2.53. The maximum atomic E-state index is 10.7. The second kappa shape index (κ2) is 3.77. The van der Waals surface area contributed by atoms with Crippen LogP contribution in [0.3, 0.4) is 0 Å². The molecule has 0 radical (unpaired) electrons. The second-order valence-corrected chi connectivity index (χ2v) is 5.29. The highest BCUT2D eigenvalue weighted by molar-refractivity contribution is 5.91. The highest BCUT2D eigenvalue weighted by Gasteiger charge is 2.66. The summed E-state index contributed by atoms with van der Waals surface area (Å²) < 4.78 is 0. The minimum Gasteiger partial charge on any atom is -0.311 e. The monoisotopic (exact) mass is 262 g/mol. The minimum atomic E-state index is -1.03. The van der Waals surface area contributed by atoms with Crippen LogP contribution in [-0.4, -0.2) is 38.0 Å². The quantitative estimate of drug-likeness (QED) is 0.712. The van der Waals surface area contributed by atoms with Crippen molar-refractivity contribution in [3.8, 4) is 0 Å². The minimum absolute atomic E-state index is 0.369. The Bertz CT molecular complexity index is 535. The van der Waals surface area contributed by atoms with Crippen molar-refractivity contribution in [3.63, 3.8) is 0 Å². The molecule has 6 heteroatoms. The van der Waals surface area contributed by atoms with Crippen molar-refractivity contribution in [2.24, 2.45) is 5.10 Å². The van der Waals surface area contributed by atoms with Gasteiger partial charge in [-0.1, -0.05) is 30.3 Å². The Labute approximate surface area is 111 Å². The lowest BCUT2D eigenvalue weighted by atomic mass is 9.93. The Kier molecular flexibility index (Phi) is 2.49. The lowest BCUT2D eigenvalue weighted by molar-refractivity contribution is -0.251. The van der Waals surface area contributed by atoms with Gasteiger partial charge in [-0.25, -0.2) is 0 Å². The molecule has 0 aliphatic carbocycles. The van der Waals surface area contributed by atoms with E-state index >= 15 is 0 Å². The molecule has 0 aromatic heterocycles. The second-order valence-electron chi connectivity index (χ2n) is 5.29. The molecule has 3 N–H and O–H groups in total. The molecule has 102 valence electrons. The van der Waals surface area contributed by atoms with Gasteiger partial charge in [0.15, 0.2) is 11.3 Å². The third kappa shape index (κ3) is 1.26. The predicted molar refractivity (Wildman–Crippen MR) is 69.5 cm³/mol. The van der Waals surface area contributed by atoms with Gasteiger partial charge in [-0.2, -0.15) is 10.2 Å². The maximum absolute atomic E-state index is 10.7. The predicted octanol–water partition coefficient (Wildman–Crippen LogP) is 1.32. The first kappa shape index (κ1) is 12.6. The van der Waals surface area contributed by atoms with Crippen LogP contribution in [0, 0.1) is 0 Å². The molecule has 1 aromatic rings. The number of hydrogen-bond acceptors (Lipinski definition) is 6. The number of hydrazone groups is 1. The summed E-state index contributed by atoms with van der Waals surface area (Å²) in [5.74, 6) is 0. The summed E-state index contributed by atoms with van der Waals surface area (Å²) in [5.41, 5.74) is 2.48. The first-order valence-corrected chi connectivity index (χ1v) is 6.30. The number of nitrogens with one attached hydrogen (secondary N) is 1. The van der Waals surface area contributed by atoms with E-state index in [-0.39, 0.29) is 6.04 Å². The highest BCUT2D eigenvalue weighted by Crippen LogP contribution is 2.47. The zero-order valence-corrected chi connectivity index (χ0v) is 11.2. The van der Waals surface area contributed by atoms with E-state index in [0.717, 1.165) is 15.7 Å². The molecule has 2 aliphatic heterocycles. The summed E-state index contributed by atoms with van der Waals surface area (Å²) >= 11 is 0. The van der Waals surface area contributed by atoms with Gasteiger partial charge in [-0.15, -0.1) is 5.06 Å². The Morgan fingerprint density at radius 2 is 1.89 bits per heavy atom. The first-order valence-electron chi connectivity index (χ1n) is 6.30. The fourth-order valence-corrected chi connectivity index (χ4v) is 3.03. The number of rotatable bonds is 1. The fraction of sp³-hybridized carbons (Fsp3) is 0.462. The van der Waals surface area contributed by atoms with E-state index in [1.165, 1.54) is 0 Å². The molecule has 2 heterocycles. The van der Waals surface area contributed by atoms with Crippen LogP contribution >= 0.6 is 0 Å². The molecule has 0 spiro atoms. The van der Waals surface area contributed by atoms with Crippen molar-refractivity contribution >= 4 is 5.71 Å². The van der Waals surface area contributed by atoms with Crippen LogP contribution in [-0.2, 0) is 5.66 Å². The van der Waals surface area contributed by atoms with E-state index in [1.807, 2.05) is 37.3 Å². The van der Waals surface area contributed by atoms with Gasteiger partial charge in [0, 0.05) is 0 Å². The van der Waals surface area contributed by atoms with Gasteiger partial charge in [0.05, 0.1) is 11.8 Å². The van der Waals surface area contributed by atoms with Crippen molar-refractivity contribution in [1.29, 1.82) is 0 Å². The van der Waals surface area contributed by atoms with E-state index in [9.17, 15) is 10.4 Å². The SMILES string of the molecule is CC1=NN[C@]2(c3ccccc3)[C@H](C)N(O)[C@@]1(C)N2O. The molecule has 3 rings (SSSR count).